The van der Waals surface area contributed by atoms with E-state index in [1.165, 1.54) is 22.5 Å². The average Bonchev–Trinajstić information content (AvgIpc) is 3.05. The first-order valence-electron chi connectivity index (χ1n) is 6.33. The topological polar surface area (TPSA) is 48.1 Å². The monoisotopic (exact) mass is 262 g/mol. The van der Waals surface area contributed by atoms with Crippen molar-refractivity contribution in [2.75, 3.05) is 6.61 Å². The van der Waals surface area contributed by atoms with Gasteiger partial charge in [0.1, 0.15) is 12.4 Å². The SMILES string of the molecule is CC(C)(N)COc1ccc2nc(C3CC3)sc2c1. The molecule has 0 spiro atoms. The van der Waals surface area contributed by atoms with Crippen molar-refractivity contribution in [3.63, 3.8) is 0 Å². The number of benzene rings is 1. The first kappa shape index (κ1) is 11.9. The van der Waals surface area contributed by atoms with E-state index in [9.17, 15) is 0 Å². The second-order valence-electron chi connectivity index (χ2n) is 5.73. The first-order valence-corrected chi connectivity index (χ1v) is 7.15. The van der Waals surface area contributed by atoms with Gasteiger partial charge in [0.15, 0.2) is 0 Å². The summed E-state index contributed by atoms with van der Waals surface area (Å²) < 4.78 is 6.93. The number of fused-ring (bicyclic) bond motifs is 1. The molecule has 0 amide bonds. The highest BCUT2D eigenvalue weighted by molar-refractivity contribution is 7.18. The molecule has 1 heterocycles. The second kappa shape index (κ2) is 4.21. The zero-order chi connectivity index (χ0) is 12.8. The maximum Gasteiger partial charge on any atom is 0.120 e. The highest BCUT2D eigenvalue weighted by Gasteiger charge is 2.27. The van der Waals surface area contributed by atoms with Crippen molar-refractivity contribution in [3.05, 3.63) is 23.2 Å². The Morgan fingerprint density at radius 3 is 2.89 bits per heavy atom. The van der Waals surface area contributed by atoms with Crippen molar-refractivity contribution in [2.24, 2.45) is 5.73 Å². The maximum absolute atomic E-state index is 5.91. The lowest BCUT2D eigenvalue weighted by molar-refractivity contribution is 0.243. The lowest BCUT2D eigenvalue weighted by atomic mass is 10.1. The molecule has 1 fully saturated rings. The molecule has 0 bridgehead atoms. The number of nitrogens with zero attached hydrogens (tertiary/aromatic N) is 1. The first-order chi connectivity index (χ1) is 8.51. The summed E-state index contributed by atoms with van der Waals surface area (Å²) >= 11 is 1.79. The predicted molar refractivity (Wildman–Crippen MR) is 75.4 cm³/mol. The summed E-state index contributed by atoms with van der Waals surface area (Å²) in [7, 11) is 0. The van der Waals surface area contributed by atoms with Crippen molar-refractivity contribution < 1.29 is 4.74 Å². The van der Waals surface area contributed by atoms with Gasteiger partial charge in [-0.2, -0.15) is 0 Å². The van der Waals surface area contributed by atoms with Gasteiger partial charge in [-0.05, 0) is 44.9 Å². The normalized spacial score (nSPS) is 16.2. The Labute approximate surface area is 111 Å². The van der Waals surface area contributed by atoms with Crippen LogP contribution in [0.1, 0.15) is 37.6 Å². The number of hydrogen-bond donors (Lipinski definition) is 1. The van der Waals surface area contributed by atoms with E-state index in [1.807, 2.05) is 26.0 Å². The number of aromatic nitrogens is 1. The van der Waals surface area contributed by atoms with Gasteiger partial charge < -0.3 is 10.5 Å². The van der Waals surface area contributed by atoms with Crippen molar-refractivity contribution >= 4 is 21.6 Å². The molecule has 0 aliphatic heterocycles. The maximum atomic E-state index is 5.91. The summed E-state index contributed by atoms with van der Waals surface area (Å²) in [4.78, 5) is 4.66. The van der Waals surface area contributed by atoms with Crippen LogP contribution in [-0.4, -0.2) is 17.1 Å². The fraction of sp³-hybridized carbons (Fsp3) is 0.500. The molecule has 4 heteroatoms. The van der Waals surface area contributed by atoms with Crippen molar-refractivity contribution in [3.8, 4) is 5.75 Å². The third kappa shape index (κ3) is 2.65. The number of rotatable bonds is 4. The Hall–Kier alpha value is -1.13. The van der Waals surface area contributed by atoms with E-state index in [-0.39, 0.29) is 5.54 Å². The highest BCUT2D eigenvalue weighted by atomic mass is 32.1. The van der Waals surface area contributed by atoms with Crippen LogP contribution in [0.25, 0.3) is 10.2 Å². The third-order valence-electron chi connectivity index (χ3n) is 2.91. The minimum absolute atomic E-state index is 0.304. The van der Waals surface area contributed by atoms with Crippen LogP contribution in [0.5, 0.6) is 5.75 Å². The van der Waals surface area contributed by atoms with Crippen LogP contribution in [-0.2, 0) is 0 Å². The molecule has 1 aliphatic rings. The van der Waals surface area contributed by atoms with E-state index < -0.39 is 0 Å². The molecule has 96 valence electrons. The number of nitrogens with two attached hydrogens (primary N) is 1. The molecule has 3 nitrogen and oxygen atoms in total. The minimum Gasteiger partial charge on any atom is -0.492 e. The third-order valence-corrected chi connectivity index (χ3v) is 4.09. The van der Waals surface area contributed by atoms with E-state index in [0.717, 1.165) is 17.2 Å². The van der Waals surface area contributed by atoms with Crippen LogP contribution in [0.2, 0.25) is 0 Å². The molecule has 0 atom stereocenters. The highest BCUT2D eigenvalue weighted by Crippen LogP contribution is 2.43. The van der Waals surface area contributed by atoms with Crippen LogP contribution in [0.4, 0.5) is 0 Å². The fourth-order valence-electron chi connectivity index (χ4n) is 1.79. The van der Waals surface area contributed by atoms with E-state index in [1.54, 1.807) is 11.3 Å². The molecule has 1 aromatic carbocycles. The molecule has 1 aliphatic carbocycles. The molecule has 0 unspecified atom stereocenters. The number of thiazole rings is 1. The average molecular weight is 262 g/mol. The lowest BCUT2D eigenvalue weighted by Gasteiger charge is -2.18. The van der Waals surface area contributed by atoms with E-state index >= 15 is 0 Å². The molecule has 3 rings (SSSR count). The second-order valence-corrected chi connectivity index (χ2v) is 6.80. The number of ether oxygens (including phenoxy) is 1. The van der Waals surface area contributed by atoms with Crippen molar-refractivity contribution in [1.29, 1.82) is 0 Å². The van der Waals surface area contributed by atoms with E-state index in [2.05, 4.69) is 11.1 Å². The molecular weight excluding hydrogens is 244 g/mol. The Bertz CT molecular complexity index is 567. The van der Waals surface area contributed by atoms with Crippen LogP contribution in [0.3, 0.4) is 0 Å². The minimum atomic E-state index is -0.304. The summed E-state index contributed by atoms with van der Waals surface area (Å²) in [5.74, 6) is 1.60. The predicted octanol–water partition coefficient (Wildman–Crippen LogP) is 3.29. The number of hydrogen-bond acceptors (Lipinski definition) is 4. The molecule has 18 heavy (non-hydrogen) atoms. The molecule has 1 aromatic heterocycles. The van der Waals surface area contributed by atoms with Gasteiger partial charge in [0.05, 0.1) is 15.2 Å². The zero-order valence-electron chi connectivity index (χ0n) is 10.8. The van der Waals surface area contributed by atoms with Crippen molar-refractivity contribution in [2.45, 2.75) is 38.1 Å². The molecule has 2 aromatic rings. The summed E-state index contributed by atoms with van der Waals surface area (Å²) in [5, 5.41) is 1.28. The van der Waals surface area contributed by atoms with E-state index in [0.29, 0.717) is 6.61 Å². The van der Waals surface area contributed by atoms with Gasteiger partial charge in [-0.15, -0.1) is 11.3 Å². The van der Waals surface area contributed by atoms with Crippen LogP contribution < -0.4 is 10.5 Å². The van der Waals surface area contributed by atoms with Gasteiger partial charge in [-0.1, -0.05) is 0 Å². The molecule has 0 saturated heterocycles. The molecule has 1 saturated carbocycles. The fourth-order valence-corrected chi connectivity index (χ4v) is 2.95. The largest absolute Gasteiger partial charge is 0.492 e. The van der Waals surface area contributed by atoms with Gasteiger partial charge in [-0.3, -0.25) is 0 Å². The van der Waals surface area contributed by atoms with Gasteiger partial charge in [-0.25, -0.2) is 4.98 Å². The smallest absolute Gasteiger partial charge is 0.120 e. The standard InChI is InChI=1S/C14H18N2OS/c1-14(2,15)8-17-10-5-6-11-12(7-10)18-13(16-11)9-3-4-9/h5-7,9H,3-4,8,15H2,1-2H3. The van der Waals surface area contributed by atoms with Gasteiger partial charge in [0, 0.05) is 11.5 Å². The molecule has 2 N–H and O–H groups in total. The zero-order valence-corrected chi connectivity index (χ0v) is 11.6. The Morgan fingerprint density at radius 2 is 2.22 bits per heavy atom. The lowest BCUT2D eigenvalue weighted by Crippen LogP contribution is -2.38. The summed E-state index contributed by atoms with van der Waals surface area (Å²) in [6, 6.07) is 6.09. The van der Waals surface area contributed by atoms with Crippen molar-refractivity contribution in [1.82, 2.24) is 4.98 Å². The summed E-state index contributed by atoms with van der Waals surface area (Å²) in [6.45, 7) is 4.44. The van der Waals surface area contributed by atoms with Crippen LogP contribution in [0.15, 0.2) is 18.2 Å². The van der Waals surface area contributed by atoms with Gasteiger partial charge >= 0.3 is 0 Å². The Kier molecular flexibility index (Phi) is 2.79. The quantitative estimate of drug-likeness (QED) is 0.919. The van der Waals surface area contributed by atoms with Crippen LogP contribution >= 0.6 is 11.3 Å². The van der Waals surface area contributed by atoms with E-state index in [4.69, 9.17) is 10.5 Å². The molecular formula is C14H18N2OS. The van der Waals surface area contributed by atoms with Crippen LogP contribution in [0, 0.1) is 0 Å². The summed E-state index contributed by atoms with van der Waals surface area (Å²) in [5.41, 5.74) is 6.69. The Balaban J connectivity index is 1.81. The van der Waals surface area contributed by atoms with Gasteiger partial charge in [0.25, 0.3) is 0 Å². The van der Waals surface area contributed by atoms with Gasteiger partial charge in [0.2, 0.25) is 0 Å². The molecule has 0 radical (unpaired) electrons. The summed E-state index contributed by atoms with van der Waals surface area (Å²) in [6.07, 6.45) is 2.59. The Morgan fingerprint density at radius 1 is 1.44 bits per heavy atom.